The van der Waals surface area contributed by atoms with Crippen molar-refractivity contribution in [1.82, 2.24) is 0 Å². The lowest BCUT2D eigenvalue weighted by Gasteiger charge is -1.98. The number of carbonyl (C=O) groups is 1. The smallest absolute Gasteiger partial charge is 0.300 e. The predicted octanol–water partition coefficient (Wildman–Crippen LogP) is 2.56. The van der Waals surface area contributed by atoms with Gasteiger partial charge in [-0.15, -0.1) is 20.9 Å². The van der Waals surface area contributed by atoms with Gasteiger partial charge in [0, 0.05) is 16.9 Å². The van der Waals surface area contributed by atoms with Crippen LogP contribution in [0.4, 0.5) is 0 Å². The van der Waals surface area contributed by atoms with Gasteiger partial charge in [0.15, 0.2) is 0 Å². The summed E-state index contributed by atoms with van der Waals surface area (Å²) < 4.78 is 18.3. The van der Waals surface area contributed by atoms with Crippen molar-refractivity contribution in [2.24, 2.45) is 5.92 Å². The monoisotopic (exact) mass is 233 g/mol. The van der Waals surface area contributed by atoms with Gasteiger partial charge in [0.05, 0.1) is 14.2 Å². The van der Waals surface area contributed by atoms with Crippen molar-refractivity contribution >= 4 is 14.0 Å². The summed E-state index contributed by atoms with van der Waals surface area (Å²) in [7, 11) is 0.817. The molecule has 0 aliphatic carbocycles. The average molecular weight is 233 g/mol. The Labute approximate surface area is 92.3 Å². The second kappa shape index (κ2) is 11.3. The highest BCUT2D eigenvalue weighted by atomic mass is 31.1. The Morgan fingerprint density at radius 2 is 1.87 bits per heavy atom. The Morgan fingerprint density at radius 1 is 1.40 bits per heavy atom. The molecule has 1 unspecified atom stereocenters. The maximum Gasteiger partial charge on any atom is 0.696 e. The molecule has 4 nitrogen and oxygen atoms in total. The number of ketones is 1. The molecular weight excluding hydrogens is 215 g/mol. The minimum atomic E-state index is -1.83. The van der Waals surface area contributed by atoms with Crippen molar-refractivity contribution in [2.75, 3.05) is 14.2 Å². The van der Waals surface area contributed by atoms with Crippen LogP contribution in [-0.4, -0.2) is 20.0 Å². The molecule has 0 spiro atoms. The summed E-state index contributed by atoms with van der Waals surface area (Å²) in [5, 5.41) is 0. The van der Waals surface area contributed by atoms with Gasteiger partial charge in [0.1, 0.15) is 5.78 Å². The molecule has 86 valence electrons. The van der Waals surface area contributed by atoms with Gasteiger partial charge < -0.3 is 0 Å². The first-order chi connectivity index (χ1) is 6.99. The summed E-state index contributed by atoms with van der Waals surface area (Å²) >= 11 is 0. The summed E-state index contributed by atoms with van der Waals surface area (Å²) in [6.45, 7) is 5.28. The molecule has 0 fully saturated rings. The summed E-state index contributed by atoms with van der Waals surface area (Å²) in [6.07, 6.45) is 0.700. The van der Waals surface area contributed by atoms with Crippen LogP contribution < -0.4 is 0 Å². The van der Waals surface area contributed by atoms with Gasteiger partial charge >= 0.3 is 8.25 Å². The first-order valence-corrected chi connectivity index (χ1v) is 5.54. The molecule has 0 rings (SSSR count). The largest absolute Gasteiger partial charge is 0.696 e. The molecule has 0 N–H and O–H groups in total. The van der Waals surface area contributed by atoms with E-state index < -0.39 is 8.25 Å². The molecular formula is C10H18O4P+. The highest BCUT2D eigenvalue weighted by Gasteiger charge is 2.10. The topological polar surface area (TPSA) is 52.6 Å². The molecule has 1 atom stereocenters. The van der Waals surface area contributed by atoms with E-state index in [-0.39, 0.29) is 11.7 Å². The van der Waals surface area contributed by atoms with Crippen LogP contribution >= 0.6 is 8.25 Å². The van der Waals surface area contributed by atoms with Gasteiger partial charge in [0.25, 0.3) is 0 Å². The van der Waals surface area contributed by atoms with E-state index in [1.807, 2.05) is 6.92 Å². The van der Waals surface area contributed by atoms with E-state index in [2.05, 4.69) is 20.9 Å². The van der Waals surface area contributed by atoms with Crippen molar-refractivity contribution in [1.29, 1.82) is 0 Å². The highest BCUT2D eigenvalue weighted by Crippen LogP contribution is 2.18. The summed E-state index contributed by atoms with van der Waals surface area (Å²) in [5.74, 6) is 5.94. The first-order valence-electron chi connectivity index (χ1n) is 4.45. The Hall–Kier alpha value is -0.750. The Balaban J connectivity index is 0. The standard InChI is InChI=1S/C8H12O.C2H6O3P/c1-4-5-6-7(2)8(3)9;1-4-6(3)5-2/h7H,6H2,1-3H3;1-2H3/q;+1. The van der Waals surface area contributed by atoms with Crippen LogP contribution in [0.15, 0.2) is 0 Å². The van der Waals surface area contributed by atoms with Crippen molar-refractivity contribution in [3.8, 4) is 11.8 Å². The molecule has 0 bridgehead atoms. The van der Waals surface area contributed by atoms with Gasteiger partial charge in [0.2, 0.25) is 0 Å². The molecule has 0 radical (unpaired) electrons. The lowest BCUT2D eigenvalue weighted by atomic mass is 10.0. The van der Waals surface area contributed by atoms with Crippen molar-refractivity contribution < 1.29 is 18.4 Å². The Kier molecular flexibility index (Phi) is 12.6. The molecule has 0 saturated heterocycles. The Morgan fingerprint density at radius 3 is 2.07 bits per heavy atom. The zero-order chi connectivity index (χ0) is 12.3. The molecule has 0 aliphatic heterocycles. The SMILES string of the molecule is CC#CCC(C)C(C)=O.CO[P+](=O)OC. The maximum atomic E-state index is 10.6. The zero-order valence-electron chi connectivity index (χ0n) is 9.86. The van der Waals surface area contributed by atoms with E-state index in [1.54, 1.807) is 13.8 Å². The van der Waals surface area contributed by atoms with Gasteiger partial charge in [-0.1, -0.05) is 6.92 Å². The van der Waals surface area contributed by atoms with Gasteiger partial charge in [-0.2, -0.15) is 0 Å². The van der Waals surface area contributed by atoms with Gasteiger partial charge in [-0.3, -0.25) is 4.79 Å². The van der Waals surface area contributed by atoms with Crippen LogP contribution in [0, 0.1) is 17.8 Å². The second-order valence-corrected chi connectivity index (χ2v) is 3.91. The number of rotatable bonds is 4. The molecule has 0 amide bonds. The van der Waals surface area contributed by atoms with E-state index in [1.165, 1.54) is 14.2 Å². The number of Topliss-reactive ketones (excluding diaryl/α,β-unsaturated/α-hetero) is 1. The lowest BCUT2D eigenvalue weighted by Crippen LogP contribution is -2.04. The van der Waals surface area contributed by atoms with Crippen LogP contribution in [0.2, 0.25) is 0 Å². The van der Waals surface area contributed by atoms with E-state index in [0.717, 1.165) is 0 Å². The summed E-state index contributed by atoms with van der Waals surface area (Å²) in [6, 6.07) is 0. The van der Waals surface area contributed by atoms with Crippen LogP contribution in [0.1, 0.15) is 27.2 Å². The fraction of sp³-hybridized carbons (Fsp3) is 0.700. The Bertz CT molecular complexity index is 246. The van der Waals surface area contributed by atoms with Crippen LogP contribution in [0.3, 0.4) is 0 Å². The second-order valence-electron chi connectivity index (χ2n) is 2.73. The van der Waals surface area contributed by atoms with Crippen LogP contribution in [0.5, 0.6) is 0 Å². The highest BCUT2D eigenvalue weighted by molar-refractivity contribution is 7.33. The van der Waals surface area contributed by atoms with Gasteiger partial charge in [-0.05, 0) is 13.8 Å². The van der Waals surface area contributed by atoms with E-state index >= 15 is 0 Å². The van der Waals surface area contributed by atoms with Crippen molar-refractivity contribution in [3.05, 3.63) is 0 Å². The maximum absolute atomic E-state index is 10.6. The third kappa shape index (κ3) is 13.2. The van der Waals surface area contributed by atoms with Crippen molar-refractivity contribution in [3.63, 3.8) is 0 Å². The molecule has 0 aromatic rings. The van der Waals surface area contributed by atoms with E-state index in [4.69, 9.17) is 0 Å². The van der Waals surface area contributed by atoms with Crippen LogP contribution in [0.25, 0.3) is 0 Å². The van der Waals surface area contributed by atoms with Gasteiger partial charge in [-0.25, -0.2) is 0 Å². The molecule has 0 heterocycles. The number of hydrogen-bond acceptors (Lipinski definition) is 4. The fourth-order valence-corrected chi connectivity index (χ4v) is 0.622. The molecule has 0 aromatic carbocycles. The number of hydrogen-bond donors (Lipinski definition) is 0. The third-order valence-corrected chi connectivity index (χ3v) is 2.17. The average Bonchev–Trinajstić information content (AvgIpc) is 2.25. The van der Waals surface area contributed by atoms with Crippen molar-refractivity contribution in [2.45, 2.75) is 27.2 Å². The molecule has 5 heteroatoms. The lowest BCUT2D eigenvalue weighted by molar-refractivity contribution is -0.120. The number of carbonyl (C=O) groups excluding carboxylic acids is 1. The minimum Gasteiger partial charge on any atom is -0.300 e. The first kappa shape index (κ1) is 16.7. The zero-order valence-corrected chi connectivity index (χ0v) is 10.8. The summed E-state index contributed by atoms with van der Waals surface area (Å²) in [5.41, 5.74) is 0. The molecule has 0 aromatic heterocycles. The molecule has 15 heavy (non-hydrogen) atoms. The third-order valence-electron chi connectivity index (χ3n) is 1.58. The molecule has 0 aliphatic rings. The van der Waals surface area contributed by atoms with E-state index in [9.17, 15) is 9.36 Å². The minimum absolute atomic E-state index is 0.109. The quantitative estimate of drug-likeness (QED) is 0.553. The predicted molar refractivity (Wildman–Crippen MR) is 59.5 cm³/mol. The van der Waals surface area contributed by atoms with E-state index in [0.29, 0.717) is 6.42 Å². The summed E-state index contributed by atoms with van der Waals surface area (Å²) in [4.78, 5) is 10.6. The fourth-order valence-electron chi connectivity index (χ4n) is 0.473. The molecule has 0 saturated carbocycles. The normalized spacial score (nSPS) is 10.2. The van der Waals surface area contributed by atoms with Crippen LogP contribution in [-0.2, 0) is 18.4 Å².